The van der Waals surface area contributed by atoms with Gasteiger partial charge in [-0.1, -0.05) is 6.92 Å². The fourth-order valence-corrected chi connectivity index (χ4v) is 2.80. The van der Waals surface area contributed by atoms with Gasteiger partial charge in [0.05, 0.1) is 0 Å². The third-order valence-electron chi connectivity index (χ3n) is 2.82. The molecule has 0 amide bonds. The van der Waals surface area contributed by atoms with Gasteiger partial charge in [-0.3, -0.25) is 0 Å². The predicted molar refractivity (Wildman–Crippen MR) is 58.6 cm³/mol. The lowest BCUT2D eigenvalue weighted by atomic mass is 9.97. The molecular weight excluding hydrogens is 194 g/mol. The van der Waals surface area contributed by atoms with Crippen molar-refractivity contribution in [1.29, 1.82) is 0 Å². The van der Waals surface area contributed by atoms with E-state index in [1.54, 1.807) is 11.3 Å². The molecule has 2 heterocycles. The second-order valence-corrected chi connectivity index (χ2v) is 5.14. The Hall–Kier alpha value is -0.410. The quantitative estimate of drug-likeness (QED) is 0.750. The lowest BCUT2D eigenvalue weighted by Gasteiger charge is -2.31. The number of aromatic nitrogens is 1. The van der Waals surface area contributed by atoms with Crippen molar-refractivity contribution in [2.45, 2.75) is 45.1 Å². The van der Waals surface area contributed by atoms with Gasteiger partial charge in [0.1, 0.15) is 10.6 Å². The summed E-state index contributed by atoms with van der Waals surface area (Å²) in [5.74, 6) is 0. The Morgan fingerprint density at radius 1 is 1.57 bits per heavy atom. The van der Waals surface area contributed by atoms with Gasteiger partial charge in [-0.15, -0.1) is 11.3 Å². The van der Waals surface area contributed by atoms with Gasteiger partial charge in [0, 0.05) is 17.7 Å². The van der Waals surface area contributed by atoms with Gasteiger partial charge in [0.15, 0.2) is 0 Å². The van der Waals surface area contributed by atoms with E-state index in [-0.39, 0.29) is 5.60 Å². The molecule has 1 aliphatic rings. The summed E-state index contributed by atoms with van der Waals surface area (Å²) < 4.78 is 5.86. The Kier molecular flexibility index (Phi) is 2.88. The Morgan fingerprint density at radius 3 is 3.00 bits per heavy atom. The first-order valence-electron chi connectivity index (χ1n) is 5.34. The first-order chi connectivity index (χ1) is 6.74. The van der Waals surface area contributed by atoms with E-state index in [2.05, 4.69) is 18.8 Å². The molecule has 1 saturated heterocycles. The number of hydrogen-bond acceptors (Lipinski definition) is 3. The van der Waals surface area contributed by atoms with Crippen molar-refractivity contribution in [2.75, 3.05) is 6.61 Å². The third kappa shape index (κ3) is 1.84. The van der Waals surface area contributed by atoms with Crippen molar-refractivity contribution in [3.8, 4) is 0 Å². The smallest absolute Gasteiger partial charge is 0.125 e. The van der Waals surface area contributed by atoms with Crippen LogP contribution in [0.25, 0.3) is 0 Å². The highest BCUT2D eigenvalue weighted by molar-refractivity contribution is 7.11. The molecular formula is C11H17NOS. The molecule has 0 radical (unpaired) electrons. The Balaban J connectivity index is 2.19. The molecule has 78 valence electrons. The van der Waals surface area contributed by atoms with Gasteiger partial charge in [0.2, 0.25) is 0 Å². The van der Waals surface area contributed by atoms with Crippen LogP contribution < -0.4 is 0 Å². The second-order valence-electron chi connectivity index (χ2n) is 4.02. The second kappa shape index (κ2) is 3.99. The van der Waals surface area contributed by atoms with Crippen LogP contribution in [0.5, 0.6) is 0 Å². The summed E-state index contributed by atoms with van der Waals surface area (Å²) in [5.41, 5.74) is -0.101. The maximum absolute atomic E-state index is 5.86. The molecule has 0 aromatic carbocycles. The number of hydrogen-bond donors (Lipinski definition) is 0. The van der Waals surface area contributed by atoms with E-state index < -0.39 is 0 Å². The summed E-state index contributed by atoms with van der Waals surface area (Å²) in [4.78, 5) is 5.83. The fourth-order valence-electron chi connectivity index (χ4n) is 1.82. The standard InChI is InChI=1S/C11H17NOS/c1-3-9-8-12-10(14-9)11(2)6-4-5-7-13-11/h8H,3-7H2,1-2H3. The maximum atomic E-state index is 5.86. The van der Waals surface area contributed by atoms with E-state index in [1.807, 2.05) is 6.20 Å². The highest BCUT2D eigenvalue weighted by Crippen LogP contribution is 2.36. The van der Waals surface area contributed by atoms with Crippen LogP contribution in [0.2, 0.25) is 0 Å². The van der Waals surface area contributed by atoms with Gasteiger partial charge in [-0.05, 0) is 32.6 Å². The Bertz CT molecular complexity index is 302. The summed E-state index contributed by atoms with van der Waals surface area (Å²) in [6.45, 7) is 5.23. The maximum Gasteiger partial charge on any atom is 0.125 e. The monoisotopic (exact) mass is 211 g/mol. The molecule has 1 aliphatic heterocycles. The van der Waals surface area contributed by atoms with Crippen molar-refractivity contribution in [1.82, 2.24) is 4.98 Å². The molecule has 0 spiro atoms. The van der Waals surface area contributed by atoms with E-state index in [4.69, 9.17) is 4.74 Å². The van der Waals surface area contributed by atoms with E-state index >= 15 is 0 Å². The van der Waals surface area contributed by atoms with Crippen LogP contribution in [0.4, 0.5) is 0 Å². The van der Waals surface area contributed by atoms with E-state index in [0.717, 1.165) is 24.5 Å². The van der Waals surface area contributed by atoms with Crippen LogP contribution >= 0.6 is 11.3 Å². The first-order valence-corrected chi connectivity index (χ1v) is 6.15. The van der Waals surface area contributed by atoms with E-state index in [9.17, 15) is 0 Å². The van der Waals surface area contributed by atoms with Crippen LogP contribution in [0, 0.1) is 0 Å². The van der Waals surface area contributed by atoms with Crippen LogP contribution in [-0.4, -0.2) is 11.6 Å². The van der Waals surface area contributed by atoms with Crippen molar-refractivity contribution in [2.24, 2.45) is 0 Å². The van der Waals surface area contributed by atoms with Gasteiger partial charge in [-0.25, -0.2) is 4.98 Å². The summed E-state index contributed by atoms with van der Waals surface area (Å²) >= 11 is 1.80. The molecule has 1 aromatic heterocycles. The molecule has 1 fully saturated rings. The lowest BCUT2D eigenvalue weighted by molar-refractivity contribution is -0.0702. The minimum Gasteiger partial charge on any atom is -0.368 e. The van der Waals surface area contributed by atoms with Gasteiger partial charge in [-0.2, -0.15) is 0 Å². The minimum atomic E-state index is -0.101. The number of nitrogens with zero attached hydrogens (tertiary/aromatic N) is 1. The predicted octanol–water partition coefficient (Wildman–Crippen LogP) is 3.12. The molecule has 14 heavy (non-hydrogen) atoms. The third-order valence-corrected chi connectivity index (χ3v) is 4.21. The van der Waals surface area contributed by atoms with Crippen molar-refractivity contribution < 1.29 is 4.74 Å². The summed E-state index contributed by atoms with van der Waals surface area (Å²) in [6, 6.07) is 0. The number of ether oxygens (including phenoxy) is 1. The zero-order valence-electron chi connectivity index (χ0n) is 8.88. The van der Waals surface area contributed by atoms with Gasteiger partial charge < -0.3 is 4.74 Å². The molecule has 1 atom stereocenters. The average molecular weight is 211 g/mol. The molecule has 0 bridgehead atoms. The molecule has 1 unspecified atom stereocenters. The fraction of sp³-hybridized carbons (Fsp3) is 0.727. The van der Waals surface area contributed by atoms with Crippen LogP contribution in [0.3, 0.4) is 0 Å². The number of rotatable bonds is 2. The van der Waals surface area contributed by atoms with Crippen molar-refractivity contribution in [3.05, 3.63) is 16.1 Å². The summed E-state index contributed by atoms with van der Waals surface area (Å²) in [7, 11) is 0. The van der Waals surface area contributed by atoms with Crippen molar-refractivity contribution in [3.63, 3.8) is 0 Å². The van der Waals surface area contributed by atoms with Crippen LogP contribution in [-0.2, 0) is 16.8 Å². The molecule has 2 nitrogen and oxygen atoms in total. The minimum absolute atomic E-state index is 0.101. The molecule has 0 N–H and O–H groups in total. The number of aryl methyl sites for hydroxylation is 1. The highest BCUT2D eigenvalue weighted by Gasteiger charge is 2.32. The Morgan fingerprint density at radius 2 is 2.43 bits per heavy atom. The average Bonchev–Trinajstić information content (AvgIpc) is 2.67. The SMILES string of the molecule is CCc1cnc(C2(C)CCCCO2)s1. The summed E-state index contributed by atoms with van der Waals surface area (Å²) in [6.07, 6.45) is 6.64. The first kappa shape index (κ1) is 10.1. The van der Waals surface area contributed by atoms with Crippen LogP contribution in [0.1, 0.15) is 43.0 Å². The molecule has 0 aliphatic carbocycles. The van der Waals surface area contributed by atoms with E-state index in [0.29, 0.717) is 0 Å². The molecule has 3 heteroatoms. The zero-order valence-corrected chi connectivity index (χ0v) is 9.69. The zero-order chi connectivity index (χ0) is 10.0. The van der Waals surface area contributed by atoms with E-state index in [1.165, 1.54) is 17.7 Å². The lowest BCUT2D eigenvalue weighted by Crippen LogP contribution is -2.29. The Labute approximate surface area is 89.3 Å². The molecule has 0 saturated carbocycles. The topological polar surface area (TPSA) is 22.1 Å². The van der Waals surface area contributed by atoms with Gasteiger partial charge in [0.25, 0.3) is 0 Å². The normalized spacial score (nSPS) is 27.9. The molecule has 1 aromatic rings. The summed E-state index contributed by atoms with van der Waals surface area (Å²) in [5, 5.41) is 1.16. The molecule has 2 rings (SSSR count). The van der Waals surface area contributed by atoms with Crippen LogP contribution in [0.15, 0.2) is 6.20 Å². The van der Waals surface area contributed by atoms with Crippen molar-refractivity contribution >= 4 is 11.3 Å². The number of thiazole rings is 1. The highest BCUT2D eigenvalue weighted by atomic mass is 32.1. The largest absolute Gasteiger partial charge is 0.368 e. The van der Waals surface area contributed by atoms with Gasteiger partial charge >= 0.3 is 0 Å².